The molecule has 16 heavy (non-hydrogen) atoms. The molecule has 0 unspecified atom stereocenters. The van der Waals surface area contributed by atoms with Gasteiger partial charge in [-0.1, -0.05) is 0 Å². The van der Waals surface area contributed by atoms with Crippen LogP contribution in [0.3, 0.4) is 0 Å². The SMILES string of the molecule is NCc1cc(Cn2cnccc2=O)ccn1. The Morgan fingerprint density at radius 3 is 2.94 bits per heavy atom. The van der Waals surface area contributed by atoms with E-state index in [-0.39, 0.29) is 5.56 Å². The Bertz CT molecular complexity index is 535. The first kappa shape index (κ1) is 10.5. The van der Waals surface area contributed by atoms with Gasteiger partial charge in [0.25, 0.3) is 5.56 Å². The number of hydrogen-bond acceptors (Lipinski definition) is 4. The van der Waals surface area contributed by atoms with E-state index < -0.39 is 0 Å². The van der Waals surface area contributed by atoms with Crippen LogP contribution >= 0.6 is 0 Å². The van der Waals surface area contributed by atoms with Crippen LogP contribution in [0.5, 0.6) is 0 Å². The molecular weight excluding hydrogens is 204 g/mol. The third kappa shape index (κ3) is 2.32. The zero-order valence-corrected chi connectivity index (χ0v) is 8.71. The highest BCUT2D eigenvalue weighted by molar-refractivity contribution is 5.16. The summed E-state index contributed by atoms with van der Waals surface area (Å²) in [6.45, 7) is 0.887. The molecule has 0 fully saturated rings. The molecule has 0 atom stereocenters. The van der Waals surface area contributed by atoms with Gasteiger partial charge in [-0.3, -0.25) is 14.3 Å². The Kier molecular flexibility index (Phi) is 3.07. The van der Waals surface area contributed by atoms with Gasteiger partial charge in [0, 0.05) is 25.0 Å². The van der Waals surface area contributed by atoms with Gasteiger partial charge in [0.15, 0.2) is 0 Å². The van der Waals surface area contributed by atoms with Crippen LogP contribution in [-0.2, 0) is 13.1 Å². The predicted octanol–water partition coefficient (Wildman–Crippen LogP) is 0.145. The van der Waals surface area contributed by atoms with E-state index in [0.29, 0.717) is 13.1 Å². The van der Waals surface area contributed by atoms with Gasteiger partial charge in [-0.2, -0.15) is 0 Å². The highest BCUT2D eigenvalue weighted by atomic mass is 16.1. The van der Waals surface area contributed by atoms with Crippen LogP contribution in [0.2, 0.25) is 0 Å². The molecule has 0 aliphatic carbocycles. The summed E-state index contributed by atoms with van der Waals surface area (Å²) in [5.74, 6) is 0. The highest BCUT2D eigenvalue weighted by Crippen LogP contribution is 2.02. The standard InChI is InChI=1S/C11H12N4O/c12-6-10-5-9(1-4-14-10)7-15-8-13-3-2-11(15)16/h1-5,8H,6-7,12H2. The second-order valence-electron chi connectivity index (χ2n) is 3.41. The van der Waals surface area contributed by atoms with Crippen LogP contribution in [-0.4, -0.2) is 14.5 Å². The van der Waals surface area contributed by atoms with Gasteiger partial charge in [-0.25, -0.2) is 4.98 Å². The quantitative estimate of drug-likeness (QED) is 0.792. The Morgan fingerprint density at radius 1 is 1.31 bits per heavy atom. The van der Waals surface area contributed by atoms with Crippen molar-refractivity contribution < 1.29 is 0 Å². The maximum atomic E-state index is 11.5. The molecular formula is C11H12N4O. The Labute approximate surface area is 92.6 Å². The van der Waals surface area contributed by atoms with Gasteiger partial charge >= 0.3 is 0 Å². The van der Waals surface area contributed by atoms with Gasteiger partial charge in [-0.15, -0.1) is 0 Å². The van der Waals surface area contributed by atoms with E-state index in [4.69, 9.17) is 5.73 Å². The molecule has 0 aromatic carbocycles. The topological polar surface area (TPSA) is 73.8 Å². The first-order valence-electron chi connectivity index (χ1n) is 4.94. The Morgan fingerprint density at radius 2 is 2.19 bits per heavy atom. The molecule has 2 aromatic heterocycles. The summed E-state index contributed by atoms with van der Waals surface area (Å²) in [6.07, 6.45) is 4.69. The molecule has 0 amide bonds. The van der Waals surface area contributed by atoms with Gasteiger partial charge < -0.3 is 5.73 Å². The highest BCUT2D eigenvalue weighted by Gasteiger charge is 1.99. The van der Waals surface area contributed by atoms with E-state index in [0.717, 1.165) is 11.3 Å². The molecule has 82 valence electrons. The van der Waals surface area contributed by atoms with E-state index in [2.05, 4.69) is 9.97 Å². The summed E-state index contributed by atoms with van der Waals surface area (Å²) >= 11 is 0. The smallest absolute Gasteiger partial charge is 0.253 e. The normalized spacial score (nSPS) is 10.3. The van der Waals surface area contributed by atoms with Crippen LogP contribution in [0.4, 0.5) is 0 Å². The number of aromatic nitrogens is 3. The van der Waals surface area contributed by atoms with Crippen molar-refractivity contribution in [2.45, 2.75) is 13.1 Å². The maximum Gasteiger partial charge on any atom is 0.253 e. The lowest BCUT2D eigenvalue weighted by atomic mass is 10.2. The van der Waals surface area contributed by atoms with Crippen molar-refractivity contribution in [2.75, 3.05) is 0 Å². The molecule has 0 aliphatic heterocycles. The fourth-order valence-corrected chi connectivity index (χ4v) is 1.43. The van der Waals surface area contributed by atoms with Crippen molar-refractivity contribution in [1.82, 2.24) is 14.5 Å². The molecule has 0 bridgehead atoms. The van der Waals surface area contributed by atoms with Crippen LogP contribution < -0.4 is 11.3 Å². The van der Waals surface area contributed by atoms with Gasteiger partial charge in [0.1, 0.15) is 0 Å². The molecule has 5 heteroatoms. The van der Waals surface area contributed by atoms with E-state index in [1.165, 1.54) is 23.2 Å². The Balaban J connectivity index is 2.27. The van der Waals surface area contributed by atoms with E-state index in [9.17, 15) is 4.79 Å². The lowest BCUT2D eigenvalue weighted by Crippen LogP contribution is -2.19. The van der Waals surface area contributed by atoms with Crippen molar-refractivity contribution >= 4 is 0 Å². The van der Waals surface area contributed by atoms with E-state index >= 15 is 0 Å². The van der Waals surface area contributed by atoms with Crippen LogP contribution in [0.15, 0.2) is 41.7 Å². The van der Waals surface area contributed by atoms with Gasteiger partial charge in [0.2, 0.25) is 0 Å². The average Bonchev–Trinajstić information content (AvgIpc) is 2.32. The second kappa shape index (κ2) is 4.67. The van der Waals surface area contributed by atoms with E-state index in [1.54, 1.807) is 6.20 Å². The third-order valence-electron chi connectivity index (χ3n) is 2.24. The fraction of sp³-hybridized carbons (Fsp3) is 0.182. The number of nitrogens with two attached hydrogens (primary N) is 1. The van der Waals surface area contributed by atoms with Crippen LogP contribution in [0.1, 0.15) is 11.3 Å². The fourth-order valence-electron chi connectivity index (χ4n) is 1.43. The van der Waals surface area contributed by atoms with Crippen molar-refractivity contribution in [3.05, 3.63) is 58.5 Å². The summed E-state index contributed by atoms with van der Waals surface area (Å²) in [7, 11) is 0. The largest absolute Gasteiger partial charge is 0.325 e. The minimum Gasteiger partial charge on any atom is -0.325 e. The average molecular weight is 216 g/mol. The van der Waals surface area contributed by atoms with Crippen molar-refractivity contribution in [2.24, 2.45) is 5.73 Å². The molecule has 0 spiro atoms. The molecule has 0 saturated heterocycles. The number of nitrogens with zero attached hydrogens (tertiary/aromatic N) is 3. The van der Waals surface area contributed by atoms with Crippen LogP contribution in [0.25, 0.3) is 0 Å². The monoisotopic (exact) mass is 216 g/mol. The molecule has 0 radical (unpaired) electrons. The second-order valence-corrected chi connectivity index (χ2v) is 3.41. The summed E-state index contributed by atoms with van der Waals surface area (Å²) in [5, 5.41) is 0. The zero-order valence-electron chi connectivity index (χ0n) is 8.71. The molecule has 2 aromatic rings. The number of pyridine rings is 1. The summed E-state index contributed by atoms with van der Waals surface area (Å²) < 4.78 is 1.54. The van der Waals surface area contributed by atoms with Gasteiger partial charge in [0.05, 0.1) is 18.6 Å². The third-order valence-corrected chi connectivity index (χ3v) is 2.24. The number of hydrogen-bond donors (Lipinski definition) is 1. The Hall–Kier alpha value is -2.01. The zero-order chi connectivity index (χ0) is 11.4. The molecule has 2 heterocycles. The minimum atomic E-state index is -0.0684. The lowest BCUT2D eigenvalue weighted by molar-refractivity contribution is 0.733. The summed E-state index contributed by atoms with van der Waals surface area (Å²) in [6, 6.07) is 5.18. The van der Waals surface area contributed by atoms with E-state index in [1.807, 2.05) is 12.1 Å². The lowest BCUT2D eigenvalue weighted by Gasteiger charge is -2.05. The van der Waals surface area contributed by atoms with Crippen molar-refractivity contribution in [1.29, 1.82) is 0 Å². The molecule has 0 aliphatic rings. The maximum absolute atomic E-state index is 11.5. The molecule has 2 N–H and O–H groups in total. The minimum absolute atomic E-state index is 0.0684. The molecule has 5 nitrogen and oxygen atoms in total. The first-order chi connectivity index (χ1) is 7.79. The molecule has 2 rings (SSSR count). The number of rotatable bonds is 3. The predicted molar refractivity (Wildman–Crippen MR) is 59.7 cm³/mol. The van der Waals surface area contributed by atoms with Gasteiger partial charge in [-0.05, 0) is 17.7 Å². The summed E-state index contributed by atoms with van der Waals surface area (Å²) in [5.41, 5.74) is 7.24. The summed E-state index contributed by atoms with van der Waals surface area (Å²) in [4.78, 5) is 19.5. The van der Waals surface area contributed by atoms with Crippen molar-refractivity contribution in [3.8, 4) is 0 Å². The van der Waals surface area contributed by atoms with Crippen molar-refractivity contribution in [3.63, 3.8) is 0 Å². The first-order valence-corrected chi connectivity index (χ1v) is 4.94. The van der Waals surface area contributed by atoms with Crippen LogP contribution in [0, 0.1) is 0 Å². The molecule has 0 saturated carbocycles.